The summed E-state index contributed by atoms with van der Waals surface area (Å²) >= 11 is 12.8. The molecule has 2 aromatic rings. The first-order valence-electron chi connectivity index (χ1n) is 6.67. The number of hydrogen-bond acceptors (Lipinski definition) is 2. The van der Waals surface area contributed by atoms with Crippen molar-refractivity contribution >= 4 is 43.5 Å². The van der Waals surface area contributed by atoms with E-state index in [-0.39, 0.29) is 11.8 Å². The van der Waals surface area contributed by atoms with Gasteiger partial charge in [0.25, 0.3) is 0 Å². The third kappa shape index (κ3) is 4.46. The third-order valence-corrected chi connectivity index (χ3v) is 4.73. The third-order valence-electron chi connectivity index (χ3n) is 3.29. The minimum atomic E-state index is 0.223. The molecule has 0 radical (unpaired) electrons. The summed E-state index contributed by atoms with van der Waals surface area (Å²) in [4.78, 5) is 0. The van der Waals surface area contributed by atoms with E-state index in [1.54, 1.807) is 0 Å². The van der Waals surface area contributed by atoms with Gasteiger partial charge in [0.1, 0.15) is 5.75 Å². The second-order valence-corrected chi connectivity index (χ2v) is 6.95. The van der Waals surface area contributed by atoms with Crippen LogP contribution in [0.1, 0.15) is 30.5 Å². The molecule has 2 N–H and O–H groups in total. The van der Waals surface area contributed by atoms with Crippen LogP contribution in [0.25, 0.3) is 0 Å². The molecule has 2 nitrogen and oxygen atoms in total. The molecule has 2 aromatic carbocycles. The van der Waals surface area contributed by atoms with Crippen molar-refractivity contribution in [2.45, 2.75) is 25.9 Å². The summed E-state index contributed by atoms with van der Waals surface area (Å²) in [7, 11) is 0. The number of phenolic OH excluding ortho intramolecular Hbond substituents is 1. The van der Waals surface area contributed by atoms with E-state index in [9.17, 15) is 5.11 Å². The van der Waals surface area contributed by atoms with Crippen molar-refractivity contribution in [2.24, 2.45) is 0 Å². The smallest absolute Gasteiger partial charge is 0.143 e. The van der Waals surface area contributed by atoms with Gasteiger partial charge in [0.05, 0.1) is 8.95 Å². The summed E-state index contributed by atoms with van der Waals surface area (Å²) in [5.74, 6) is 0.223. The molecule has 5 heteroatoms. The second kappa shape index (κ2) is 7.63. The van der Waals surface area contributed by atoms with Gasteiger partial charge in [-0.05, 0) is 73.7 Å². The van der Waals surface area contributed by atoms with Crippen LogP contribution in [0.3, 0.4) is 0 Å². The van der Waals surface area contributed by atoms with Crippen LogP contribution in [0.4, 0.5) is 0 Å². The summed E-state index contributed by atoms with van der Waals surface area (Å²) in [5, 5.41) is 14.0. The molecule has 112 valence electrons. The molecule has 0 bridgehead atoms. The number of phenols is 1. The minimum absolute atomic E-state index is 0.223. The van der Waals surface area contributed by atoms with E-state index in [1.165, 1.54) is 5.56 Å². The van der Waals surface area contributed by atoms with Crippen molar-refractivity contribution in [2.75, 3.05) is 0 Å². The lowest BCUT2D eigenvalue weighted by Gasteiger charge is -2.18. The van der Waals surface area contributed by atoms with E-state index in [2.05, 4.69) is 50.2 Å². The molecule has 0 aromatic heterocycles. The number of halogens is 3. The van der Waals surface area contributed by atoms with Gasteiger partial charge in [-0.15, -0.1) is 0 Å². The minimum Gasteiger partial charge on any atom is -0.506 e. The first kappa shape index (κ1) is 16.8. The Bertz CT molecular complexity index is 610. The molecule has 21 heavy (non-hydrogen) atoms. The van der Waals surface area contributed by atoms with Gasteiger partial charge in [-0.3, -0.25) is 0 Å². The summed E-state index contributed by atoms with van der Waals surface area (Å²) in [6, 6.07) is 12.0. The van der Waals surface area contributed by atoms with Crippen LogP contribution in [0, 0.1) is 0 Å². The van der Waals surface area contributed by atoms with Gasteiger partial charge >= 0.3 is 0 Å². The fourth-order valence-electron chi connectivity index (χ4n) is 2.18. The van der Waals surface area contributed by atoms with Crippen LogP contribution in [0.5, 0.6) is 5.75 Å². The van der Waals surface area contributed by atoms with Crippen molar-refractivity contribution in [3.8, 4) is 5.75 Å². The van der Waals surface area contributed by atoms with E-state index >= 15 is 0 Å². The topological polar surface area (TPSA) is 32.3 Å². The summed E-state index contributed by atoms with van der Waals surface area (Å²) in [5.41, 5.74) is 2.27. The molecule has 1 unspecified atom stereocenters. The highest BCUT2D eigenvalue weighted by molar-refractivity contribution is 9.11. The lowest BCUT2D eigenvalue weighted by molar-refractivity contribution is 0.467. The van der Waals surface area contributed by atoms with Crippen LogP contribution in [0.15, 0.2) is 45.3 Å². The Kier molecular flexibility index (Phi) is 6.11. The number of rotatable bonds is 5. The van der Waals surface area contributed by atoms with Crippen molar-refractivity contribution in [1.82, 2.24) is 5.32 Å². The van der Waals surface area contributed by atoms with Gasteiger partial charge < -0.3 is 10.4 Å². The van der Waals surface area contributed by atoms with Gasteiger partial charge in [-0.1, -0.05) is 30.7 Å². The standard InChI is InChI=1S/C16H16Br2ClNO/c1-2-15(11-4-3-5-12(19)8-11)20-9-10-6-13(17)16(21)14(18)7-10/h3-8,15,20-21H,2,9H2,1H3. The predicted molar refractivity (Wildman–Crippen MR) is 94.8 cm³/mol. The van der Waals surface area contributed by atoms with E-state index in [0.29, 0.717) is 15.5 Å². The Morgan fingerprint density at radius 2 is 1.86 bits per heavy atom. The molecular formula is C16H16Br2ClNO. The predicted octanol–water partition coefficient (Wildman–Crippen LogP) is 5.81. The average Bonchev–Trinajstić information content (AvgIpc) is 2.45. The molecule has 0 saturated heterocycles. The Hall–Kier alpha value is -0.550. The van der Waals surface area contributed by atoms with Crippen molar-refractivity contribution in [3.05, 3.63) is 61.5 Å². The maximum atomic E-state index is 9.73. The molecule has 0 aliphatic carbocycles. The Morgan fingerprint density at radius 1 is 1.19 bits per heavy atom. The molecule has 2 rings (SSSR count). The number of aromatic hydroxyl groups is 1. The van der Waals surface area contributed by atoms with Gasteiger partial charge in [0, 0.05) is 17.6 Å². The molecule has 0 amide bonds. The van der Waals surface area contributed by atoms with Gasteiger partial charge in [-0.25, -0.2) is 0 Å². The normalized spacial score (nSPS) is 12.4. The molecule has 0 fully saturated rings. The number of hydrogen-bond donors (Lipinski definition) is 2. The highest BCUT2D eigenvalue weighted by Crippen LogP contribution is 2.33. The van der Waals surface area contributed by atoms with Crippen LogP contribution in [-0.4, -0.2) is 5.11 Å². The molecule has 0 spiro atoms. The highest BCUT2D eigenvalue weighted by atomic mass is 79.9. The largest absolute Gasteiger partial charge is 0.506 e. The Morgan fingerprint density at radius 3 is 2.43 bits per heavy atom. The average molecular weight is 434 g/mol. The van der Waals surface area contributed by atoms with E-state index in [0.717, 1.165) is 17.0 Å². The van der Waals surface area contributed by atoms with Crippen molar-refractivity contribution < 1.29 is 5.11 Å². The summed E-state index contributed by atoms with van der Waals surface area (Å²) < 4.78 is 1.37. The molecule has 1 atom stereocenters. The van der Waals surface area contributed by atoms with Crippen molar-refractivity contribution in [1.29, 1.82) is 0 Å². The highest BCUT2D eigenvalue weighted by Gasteiger charge is 2.11. The van der Waals surface area contributed by atoms with Gasteiger partial charge in [0.2, 0.25) is 0 Å². The van der Waals surface area contributed by atoms with Crippen LogP contribution in [0.2, 0.25) is 5.02 Å². The number of benzene rings is 2. The zero-order chi connectivity index (χ0) is 15.4. The van der Waals surface area contributed by atoms with Crippen molar-refractivity contribution in [3.63, 3.8) is 0 Å². The lowest BCUT2D eigenvalue weighted by Crippen LogP contribution is -2.20. The maximum absolute atomic E-state index is 9.73. The molecular weight excluding hydrogens is 417 g/mol. The number of nitrogens with one attached hydrogen (secondary N) is 1. The quantitative estimate of drug-likeness (QED) is 0.624. The second-order valence-electron chi connectivity index (χ2n) is 4.80. The Balaban J connectivity index is 2.10. The fraction of sp³-hybridized carbons (Fsp3) is 0.250. The zero-order valence-electron chi connectivity index (χ0n) is 11.5. The van der Waals surface area contributed by atoms with E-state index < -0.39 is 0 Å². The van der Waals surface area contributed by atoms with Crippen LogP contribution in [-0.2, 0) is 6.54 Å². The van der Waals surface area contributed by atoms with Crippen LogP contribution < -0.4 is 5.32 Å². The molecule has 0 heterocycles. The monoisotopic (exact) mass is 431 g/mol. The van der Waals surface area contributed by atoms with E-state index in [4.69, 9.17) is 11.6 Å². The van der Waals surface area contributed by atoms with Gasteiger partial charge in [-0.2, -0.15) is 0 Å². The fourth-order valence-corrected chi connectivity index (χ4v) is 3.66. The summed E-state index contributed by atoms with van der Waals surface area (Å²) in [6.45, 7) is 2.85. The molecule has 0 aliphatic heterocycles. The zero-order valence-corrected chi connectivity index (χ0v) is 15.5. The molecule has 0 aliphatic rings. The van der Waals surface area contributed by atoms with Gasteiger partial charge in [0.15, 0.2) is 0 Å². The first-order valence-corrected chi connectivity index (χ1v) is 8.63. The lowest BCUT2D eigenvalue weighted by atomic mass is 10.0. The van der Waals surface area contributed by atoms with Crippen LogP contribution >= 0.6 is 43.5 Å². The Labute approximate surface area is 146 Å². The van der Waals surface area contributed by atoms with E-state index in [1.807, 2.05) is 30.3 Å². The maximum Gasteiger partial charge on any atom is 0.143 e. The molecule has 0 saturated carbocycles. The summed E-state index contributed by atoms with van der Waals surface area (Å²) in [6.07, 6.45) is 0.973. The first-order chi connectivity index (χ1) is 10.0. The SMILES string of the molecule is CCC(NCc1cc(Br)c(O)c(Br)c1)c1cccc(Cl)c1.